The molecule has 2 aliphatic heterocycles. The van der Waals surface area contributed by atoms with E-state index in [4.69, 9.17) is 9.97 Å². The lowest BCUT2D eigenvalue weighted by Gasteiger charge is -2.40. The van der Waals surface area contributed by atoms with Crippen molar-refractivity contribution in [2.24, 2.45) is 0 Å². The maximum absolute atomic E-state index is 4.76. The molecule has 1 fully saturated rings. The van der Waals surface area contributed by atoms with Crippen molar-refractivity contribution in [2.75, 3.05) is 9.80 Å². The van der Waals surface area contributed by atoms with Gasteiger partial charge in [-0.15, -0.1) is 0 Å². The number of aromatic nitrogens is 2. The molecule has 28 heavy (non-hydrogen) atoms. The van der Waals surface area contributed by atoms with Crippen molar-refractivity contribution in [3.8, 4) is 0 Å². The molecule has 0 atom stereocenters. The van der Waals surface area contributed by atoms with Crippen LogP contribution < -0.4 is 9.80 Å². The molecule has 1 aliphatic carbocycles. The predicted molar refractivity (Wildman–Crippen MR) is 118 cm³/mol. The quantitative estimate of drug-likeness (QED) is 0.522. The Morgan fingerprint density at radius 1 is 0.679 bits per heavy atom. The van der Waals surface area contributed by atoms with Crippen molar-refractivity contribution in [2.45, 2.75) is 10.7 Å². The van der Waals surface area contributed by atoms with E-state index in [1.54, 1.807) is 12.4 Å². The molecule has 4 nitrogen and oxygen atoms in total. The number of hydrogen-bond acceptors (Lipinski definition) is 6. The number of anilines is 4. The Kier molecular flexibility index (Phi) is 3.58. The van der Waals surface area contributed by atoms with E-state index < -0.39 is 4.33 Å². The van der Waals surface area contributed by atoms with Gasteiger partial charge in [0.1, 0.15) is 0 Å². The molecule has 0 unspecified atom stereocenters. The molecule has 136 valence electrons. The Morgan fingerprint density at radius 3 is 1.61 bits per heavy atom. The number of para-hydroxylation sites is 2. The van der Waals surface area contributed by atoms with Gasteiger partial charge in [-0.05, 0) is 30.7 Å². The van der Waals surface area contributed by atoms with Crippen LogP contribution in [0, 0.1) is 0 Å². The summed E-state index contributed by atoms with van der Waals surface area (Å²) in [5.74, 6) is 1.78. The third kappa shape index (κ3) is 2.22. The number of hydrogen-bond donors (Lipinski definition) is 0. The minimum Gasteiger partial charge on any atom is -0.281 e. The molecule has 3 aromatic rings. The molecule has 1 saturated heterocycles. The van der Waals surface area contributed by atoms with Crippen molar-refractivity contribution in [1.29, 1.82) is 0 Å². The van der Waals surface area contributed by atoms with Gasteiger partial charge in [-0.3, -0.25) is 9.80 Å². The van der Waals surface area contributed by atoms with Crippen LogP contribution in [0.5, 0.6) is 0 Å². The van der Waals surface area contributed by atoms with Gasteiger partial charge in [0.05, 0.1) is 0 Å². The normalized spacial score (nSPS) is 18.9. The molecule has 0 radical (unpaired) electrons. The molecule has 0 saturated carbocycles. The molecule has 3 heterocycles. The Hall–Kier alpha value is -2.70. The van der Waals surface area contributed by atoms with Crippen LogP contribution in [0.3, 0.4) is 0 Å². The fourth-order valence-electron chi connectivity index (χ4n) is 3.88. The van der Waals surface area contributed by atoms with Crippen LogP contribution in [-0.2, 0) is 0 Å². The summed E-state index contributed by atoms with van der Waals surface area (Å²) in [6.45, 7) is 0. The number of allylic oxidation sites excluding steroid dienone is 2. The van der Waals surface area contributed by atoms with Crippen LogP contribution in [0.15, 0.2) is 95.0 Å². The highest BCUT2D eigenvalue weighted by atomic mass is 32.2. The molecule has 0 amide bonds. The zero-order valence-electron chi connectivity index (χ0n) is 14.9. The van der Waals surface area contributed by atoms with E-state index in [-0.39, 0.29) is 0 Å². The zero-order valence-corrected chi connectivity index (χ0v) is 16.5. The first-order chi connectivity index (χ1) is 13.9. The number of nitrogens with zero attached hydrogens (tertiary/aromatic N) is 4. The summed E-state index contributed by atoms with van der Waals surface area (Å²) in [4.78, 5) is 16.9. The minimum absolute atomic E-state index is 0.426. The molecule has 1 spiro atoms. The molecular weight excluding hydrogens is 384 g/mol. The van der Waals surface area contributed by atoms with Crippen LogP contribution >= 0.6 is 23.5 Å². The molecule has 2 aromatic carbocycles. The Labute approximate surface area is 172 Å². The fraction of sp³-hybridized carbons (Fsp3) is 0.0909. The summed E-state index contributed by atoms with van der Waals surface area (Å²) in [5.41, 5.74) is 2.23. The van der Waals surface area contributed by atoms with Crippen molar-refractivity contribution < 1.29 is 0 Å². The van der Waals surface area contributed by atoms with E-state index in [9.17, 15) is 0 Å². The summed E-state index contributed by atoms with van der Waals surface area (Å²) in [7, 11) is 0. The van der Waals surface area contributed by atoms with E-state index in [1.807, 2.05) is 35.7 Å². The lowest BCUT2D eigenvalue weighted by molar-refractivity contribution is 0.861. The van der Waals surface area contributed by atoms with Crippen molar-refractivity contribution in [3.63, 3.8) is 0 Å². The van der Waals surface area contributed by atoms with Gasteiger partial charge in [-0.25, -0.2) is 9.97 Å². The third-order valence-corrected chi connectivity index (χ3v) is 8.12. The first-order valence-corrected chi connectivity index (χ1v) is 10.8. The first-order valence-electron chi connectivity index (χ1n) is 9.17. The number of benzene rings is 2. The van der Waals surface area contributed by atoms with E-state index in [0.29, 0.717) is 0 Å². The smallest absolute Gasteiger partial charge is 0.231 e. The molecule has 6 rings (SSSR count). The van der Waals surface area contributed by atoms with Crippen LogP contribution in [-0.4, -0.2) is 14.3 Å². The van der Waals surface area contributed by atoms with Crippen LogP contribution in [0.2, 0.25) is 0 Å². The molecule has 0 bridgehead atoms. The Balaban J connectivity index is 1.63. The second kappa shape index (κ2) is 6.15. The van der Waals surface area contributed by atoms with E-state index in [0.717, 1.165) is 29.4 Å². The van der Waals surface area contributed by atoms with Crippen LogP contribution in [0.25, 0.3) is 0 Å². The SMILES string of the molecule is C1=C2SC3(SC2=CC1)N(c1ccccc1)c1nccnc1N3c1ccccc1. The zero-order chi connectivity index (χ0) is 18.6. The molecule has 3 aliphatic rings. The summed E-state index contributed by atoms with van der Waals surface area (Å²) in [5, 5.41) is 0. The van der Waals surface area contributed by atoms with Crippen LogP contribution in [0.1, 0.15) is 6.42 Å². The average Bonchev–Trinajstić information content (AvgIpc) is 3.39. The number of thioether (sulfide) groups is 2. The van der Waals surface area contributed by atoms with Crippen molar-refractivity contribution in [3.05, 3.63) is 95.0 Å². The third-order valence-electron chi connectivity index (χ3n) is 5.01. The summed E-state index contributed by atoms with van der Waals surface area (Å²) in [6.07, 6.45) is 9.21. The monoisotopic (exact) mass is 400 g/mol. The van der Waals surface area contributed by atoms with E-state index in [2.05, 4.69) is 70.5 Å². The van der Waals surface area contributed by atoms with Gasteiger partial charge in [0, 0.05) is 33.6 Å². The largest absolute Gasteiger partial charge is 0.281 e. The minimum atomic E-state index is -0.426. The molecule has 1 aromatic heterocycles. The van der Waals surface area contributed by atoms with Crippen LogP contribution in [0.4, 0.5) is 23.0 Å². The van der Waals surface area contributed by atoms with Gasteiger partial charge in [-0.2, -0.15) is 0 Å². The second-order valence-corrected chi connectivity index (χ2v) is 9.36. The molecular formula is C22H16N4S2. The van der Waals surface area contributed by atoms with Gasteiger partial charge >= 0.3 is 0 Å². The summed E-state index contributed by atoms with van der Waals surface area (Å²) < 4.78 is -0.426. The topological polar surface area (TPSA) is 32.3 Å². The first kappa shape index (κ1) is 16.3. The van der Waals surface area contributed by atoms with Gasteiger partial charge < -0.3 is 0 Å². The maximum atomic E-state index is 4.76. The number of fused-ring (bicyclic) bond motifs is 2. The van der Waals surface area contributed by atoms with Gasteiger partial charge in [0.25, 0.3) is 0 Å². The molecule has 6 heteroatoms. The van der Waals surface area contributed by atoms with Gasteiger partial charge in [0.2, 0.25) is 4.33 Å². The predicted octanol–water partition coefficient (Wildman–Crippen LogP) is 6.03. The lowest BCUT2D eigenvalue weighted by Crippen LogP contribution is -2.46. The number of rotatable bonds is 2. The summed E-state index contributed by atoms with van der Waals surface area (Å²) in [6, 6.07) is 21.0. The van der Waals surface area contributed by atoms with Crippen molar-refractivity contribution >= 4 is 46.5 Å². The molecule has 0 N–H and O–H groups in total. The van der Waals surface area contributed by atoms with Gasteiger partial charge in [-0.1, -0.05) is 72.1 Å². The maximum Gasteiger partial charge on any atom is 0.231 e. The van der Waals surface area contributed by atoms with E-state index >= 15 is 0 Å². The fourth-order valence-corrected chi connectivity index (χ4v) is 7.27. The van der Waals surface area contributed by atoms with E-state index in [1.165, 1.54) is 9.81 Å². The highest BCUT2D eigenvalue weighted by molar-refractivity contribution is 8.26. The highest BCUT2D eigenvalue weighted by Gasteiger charge is 2.59. The standard InChI is InChI=1S/C22H16N4S2/c1-3-8-16(9-4-1)25-20-21(24-15-14-23-20)26(17-10-5-2-6-11-17)22(25)27-18-12-7-13-19(18)28-22/h1-6,8-15H,7H2. The Morgan fingerprint density at radius 2 is 1.14 bits per heavy atom. The van der Waals surface area contributed by atoms with Crippen molar-refractivity contribution in [1.82, 2.24) is 9.97 Å². The lowest BCUT2D eigenvalue weighted by atomic mass is 10.3. The Bertz CT molecular complexity index is 1020. The average molecular weight is 401 g/mol. The van der Waals surface area contributed by atoms with Gasteiger partial charge in [0.15, 0.2) is 11.6 Å². The highest BCUT2D eigenvalue weighted by Crippen LogP contribution is 2.69. The summed E-state index contributed by atoms with van der Waals surface area (Å²) >= 11 is 3.76. The second-order valence-electron chi connectivity index (χ2n) is 6.67.